The smallest absolute Gasteiger partial charge is 0.270 e. The number of ether oxygens (including phenoxy) is 1. The Hall–Kier alpha value is -1.66. The Balaban J connectivity index is 2.22. The van der Waals surface area contributed by atoms with Crippen molar-refractivity contribution in [3.05, 3.63) is 33.9 Å². The van der Waals surface area contributed by atoms with Crippen LogP contribution in [0.4, 0.5) is 5.69 Å². The van der Waals surface area contributed by atoms with Gasteiger partial charge in [0.25, 0.3) is 5.69 Å². The van der Waals surface area contributed by atoms with E-state index in [1.165, 1.54) is 6.07 Å². The summed E-state index contributed by atoms with van der Waals surface area (Å²) >= 11 is 0. The van der Waals surface area contributed by atoms with Crippen LogP contribution in [-0.4, -0.2) is 42.1 Å². The van der Waals surface area contributed by atoms with Crippen LogP contribution in [0.3, 0.4) is 0 Å². The largest absolute Gasteiger partial charge is 0.496 e. The summed E-state index contributed by atoms with van der Waals surface area (Å²) in [7, 11) is 1.59. The van der Waals surface area contributed by atoms with E-state index in [0.29, 0.717) is 24.4 Å². The second-order valence-electron chi connectivity index (χ2n) is 5.34. The fourth-order valence-electron chi connectivity index (χ4n) is 2.54. The third kappa shape index (κ3) is 3.26. The molecule has 6 nitrogen and oxygen atoms in total. The first-order valence-corrected chi connectivity index (χ1v) is 6.80. The quantitative estimate of drug-likeness (QED) is 0.672. The van der Waals surface area contributed by atoms with Crippen molar-refractivity contribution < 1.29 is 9.66 Å². The average molecular weight is 279 g/mol. The maximum absolute atomic E-state index is 10.9. The van der Waals surface area contributed by atoms with Gasteiger partial charge in [-0.3, -0.25) is 15.0 Å². The number of hydrogen-bond acceptors (Lipinski definition) is 5. The van der Waals surface area contributed by atoms with Gasteiger partial charge >= 0.3 is 0 Å². The third-order valence-electron chi connectivity index (χ3n) is 3.74. The van der Waals surface area contributed by atoms with Gasteiger partial charge in [-0.15, -0.1) is 0 Å². The summed E-state index contributed by atoms with van der Waals surface area (Å²) < 4.78 is 5.32. The maximum atomic E-state index is 10.9. The number of piperazine rings is 1. The Kier molecular flexibility index (Phi) is 4.57. The third-order valence-corrected chi connectivity index (χ3v) is 3.74. The molecule has 1 aromatic carbocycles. The number of rotatable bonds is 4. The van der Waals surface area contributed by atoms with Crippen molar-refractivity contribution in [3.63, 3.8) is 0 Å². The lowest BCUT2D eigenvalue weighted by atomic mass is 10.1. The fourth-order valence-corrected chi connectivity index (χ4v) is 2.54. The zero-order chi connectivity index (χ0) is 14.7. The summed E-state index contributed by atoms with van der Waals surface area (Å²) in [5.41, 5.74) is 0.972. The number of nitro groups is 1. The molecule has 1 aliphatic rings. The van der Waals surface area contributed by atoms with Crippen LogP contribution in [0.2, 0.25) is 0 Å². The molecule has 1 heterocycles. The van der Waals surface area contributed by atoms with Gasteiger partial charge in [-0.1, -0.05) is 0 Å². The molecule has 0 saturated carbocycles. The van der Waals surface area contributed by atoms with E-state index in [2.05, 4.69) is 24.1 Å². The van der Waals surface area contributed by atoms with Crippen LogP contribution < -0.4 is 10.1 Å². The number of benzene rings is 1. The molecule has 1 aliphatic heterocycles. The molecule has 1 saturated heterocycles. The van der Waals surface area contributed by atoms with Crippen LogP contribution in [0.1, 0.15) is 19.4 Å². The van der Waals surface area contributed by atoms with Gasteiger partial charge in [-0.05, 0) is 19.9 Å². The van der Waals surface area contributed by atoms with Gasteiger partial charge < -0.3 is 10.1 Å². The summed E-state index contributed by atoms with van der Waals surface area (Å²) in [6, 6.07) is 5.58. The molecule has 1 N–H and O–H groups in total. The molecule has 0 aromatic heterocycles. The number of nitrogens with zero attached hydrogens (tertiary/aromatic N) is 2. The van der Waals surface area contributed by atoms with Crippen LogP contribution in [0.25, 0.3) is 0 Å². The number of hydrogen-bond donors (Lipinski definition) is 1. The minimum atomic E-state index is -0.368. The lowest BCUT2D eigenvalue weighted by molar-refractivity contribution is -0.385. The molecule has 0 amide bonds. The predicted octanol–water partition coefficient (Wildman–Crippen LogP) is 1.79. The SMILES string of the molecule is COc1ccc([N+](=O)[O-])cc1CN1CC(C)NCC1C. The molecule has 2 rings (SSSR count). The van der Waals surface area contributed by atoms with E-state index in [1.807, 2.05) is 0 Å². The molecular formula is C14H21N3O3. The van der Waals surface area contributed by atoms with Crippen molar-refractivity contribution >= 4 is 5.69 Å². The highest BCUT2D eigenvalue weighted by atomic mass is 16.6. The van der Waals surface area contributed by atoms with Crippen molar-refractivity contribution in [1.82, 2.24) is 10.2 Å². The normalized spacial score (nSPS) is 23.6. The lowest BCUT2D eigenvalue weighted by Crippen LogP contribution is -2.53. The van der Waals surface area contributed by atoms with Gasteiger partial charge in [0, 0.05) is 49.4 Å². The van der Waals surface area contributed by atoms with Crippen molar-refractivity contribution in [2.75, 3.05) is 20.2 Å². The lowest BCUT2D eigenvalue weighted by Gasteiger charge is -2.37. The van der Waals surface area contributed by atoms with Crippen LogP contribution in [0.5, 0.6) is 5.75 Å². The molecule has 6 heteroatoms. The maximum Gasteiger partial charge on any atom is 0.270 e. The van der Waals surface area contributed by atoms with E-state index in [4.69, 9.17) is 4.74 Å². The molecule has 2 unspecified atom stereocenters. The molecule has 0 bridgehead atoms. The second kappa shape index (κ2) is 6.19. The molecule has 0 radical (unpaired) electrons. The first kappa shape index (κ1) is 14.7. The van der Waals surface area contributed by atoms with Gasteiger partial charge in [0.1, 0.15) is 5.75 Å². The minimum Gasteiger partial charge on any atom is -0.496 e. The summed E-state index contributed by atoms with van der Waals surface area (Å²) in [4.78, 5) is 12.9. The van der Waals surface area contributed by atoms with E-state index in [0.717, 1.165) is 18.7 Å². The highest BCUT2D eigenvalue weighted by Crippen LogP contribution is 2.26. The molecule has 1 fully saturated rings. The molecule has 110 valence electrons. The fraction of sp³-hybridized carbons (Fsp3) is 0.571. The second-order valence-corrected chi connectivity index (χ2v) is 5.34. The summed E-state index contributed by atoms with van der Waals surface area (Å²) in [6.07, 6.45) is 0. The Morgan fingerprint density at radius 3 is 2.90 bits per heavy atom. The van der Waals surface area contributed by atoms with Crippen molar-refractivity contribution in [3.8, 4) is 5.75 Å². The highest BCUT2D eigenvalue weighted by molar-refractivity contribution is 5.43. The molecular weight excluding hydrogens is 258 g/mol. The van der Waals surface area contributed by atoms with E-state index >= 15 is 0 Å². The Morgan fingerprint density at radius 2 is 2.25 bits per heavy atom. The summed E-state index contributed by atoms with van der Waals surface area (Å²) in [5.74, 6) is 0.703. The zero-order valence-corrected chi connectivity index (χ0v) is 12.1. The standard InChI is InChI=1S/C14H21N3O3/c1-10-8-16(11(2)7-15-10)9-12-6-13(17(18)19)4-5-14(12)20-3/h4-6,10-11,15H,7-9H2,1-3H3. The molecule has 2 atom stereocenters. The zero-order valence-electron chi connectivity index (χ0n) is 12.1. The van der Waals surface area contributed by atoms with E-state index in [9.17, 15) is 10.1 Å². The van der Waals surface area contributed by atoms with Crippen molar-refractivity contribution in [2.24, 2.45) is 0 Å². The van der Waals surface area contributed by atoms with Gasteiger partial charge in [-0.25, -0.2) is 0 Å². The monoisotopic (exact) mass is 279 g/mol. The number of methoxy groups -OCH3 is 1. The van der Waals surface area contributed by atoms with Gasteiger partial charge in [0.05, 0.1) is 12.0 Å². The Labute approximate surface area is 118 Å². The van der Waals surface area contributed by atoms with E-state index in [1.54, 1.807) is 19.2 Å². The number of nitro benzene ring substituents is 1. The van der Waals surface area contributed by atoms with Gasteiger partial charge in [0.2, 0.25) is 0 Å². The highest BCUT2D eigenvalue weighted by Gasteiger charge is 2.24. The average Bonchev–Trinajstić information content (AvgIpc) is 2.42. The summed E-state index contributed by atoms with van der Waals surface area (Å²) in [6.45, 7) is 6.82. The van der Waals surface area contributed by atoms with E-state index in [-0.39, 0.29) is 10.6 Å². The van der Waals surface area contributed by atoms with Crippen molar-refractivity contribution in [2.45, 2.75) is 32.5 Å². The molecule has 0 spiro atoms. The van der Waals surface area contributed by atoms with Crippen LogP contribution in [-0.2, 0) is 6.54 Å². The topological polar surface area (TPSA) is 67.6 Å². The van der Waals surface area contributed by atoms with Crippen LogP contribution >= 0.6 is 0 Å². The summed E-state index contributed by atoms with van der Waals surface area (Å²) in [5, 5.41) is 14.3. The van der Waals surface area contributed by atoms with Crippen LogP contribution in [0, 0.1) is 10.1 Å². The molecule has 0 aliphatic carbocycles. The molecule has 1 aromatic rings. The molecule has 20 heavy (non-hydrogen) atoms. The minimum absolute atomic E-state index is 0.108. The van der Waals surface area contributed by atoms with Crippen LogP contribution in [0.15, 0.2) is 18.2 Å². The Bertz CT molecular complexity index is 493. The Morgan fingerprint density at radius 1 is 1.50 bits per heavy atom. The van der Waals surface area contributed by atoms with Gasteiger partial charge in [-0.2, -0.15) is 0 Å². The number of non-ortho nitro benzene ring substituents is 1. The van der Waals surface area contributed by atoms with E-state index < -0.39 is 0 Å². The first-order chi connectivity index (χ1) is 9.51. The van der Waals surface area contributed by atoms with Crippen molar-refractivity contribution in [1.29, 1.82) is 0 Å². The van der Waals surface area contributed by atoms with Gasteiger partial charge in [0.15, 0.2) is 0 Å². The first-order valence-electron chi connectivity index (χ1n) is 6.80. The number of nitrogens with one attached hydrogen (secondary N) is 1. The predicted molar refractivity (Wildman–Crippen MR) is 77.0 cm³/mol.